The van der Waals surface area contributed by atoms with Gasteiger partial charge in [0.25, 0.3) is 0 Å². The van der Waals surface area contributed by atoms with Crippen LogP contribution in [0.15, 0.2) is 24.4 Å². The first-order valence-corrected chi connectivity index (χ1v) is 4.25. The largest absolute Gasteiger partial charge is 0.480 e. The van der Waals surface area contributed by atoms with Crippen molar-refractivity contribution in [3.05, 3.63) is 30.0 Å². The molecule has 2 aromatic rings. The van der Waals surface area contributed by atoms with E-state index in [0.717, 1.165) is 0 Å². The molecule has 0 fully saturated rings. The Labute approximate surface area is 85.4 Å². The zero-order valence-corrected chi connectivity index (χ0v) is 7.97. The zero-order chi connectivity index (χ0) is 10.8. The molecule has 1 N–H and O–H groups in total. The van der Waals surface area contributed by atoms with Gasteiger partial charge in [0.1, 0.15) is 5.52 Å². The lowest BCUT2D eigenvalue weighted by molar-refractivity contribution is 0.0699. The molecule has 0 radical (unpaired) electrons. The summed E-state index contributed by atoms with van der Waals surface area (Å²) in [5, 5.41) is 8.94. The number of hydrogen-bond donors (Lipinski definition) is 1. The van der Waals surface area contributed by atoms with Crippen LogP contribution in [0.5, 0.6) is 5.88 Å². The van der Waals surface area contributed by atoms with Crippen LogP contribution in [0.1, 0.15) is 10.4 Å². The summed E-state index contributed by atoms with van der Waals surface area (Å²) in [7, 11) is 1.46. The third-order valence-corrected chi connectivity index (χ3v) is 1.99. The molecule has 5 nitrogen and oxygen atoms in total. The van der Waals surface area contributed by atoms with Crippen molar-refractivity contribution in [1.82, 2.24) is 9.97 Å². The molecule has 0 unspecified atom stereocenters. The minimum absolute atomic E-state index is 0.124. The van der Waals surface area contributed by atoms with E-state index in [1.807, 2.05) is 0 Å². The van der Waals surface area contributed by atoms with E-state index in [2.05, 4.69) is 9.97 Å². The lowest BCUT2D eigenvalue weighted by Crippen LogP contribution is -2.00. The van der Waals surface area contributed by atoms with Crippen LogP contribution in [0.2, 0.25) is 0 Å². The number of benzene rings is 1. The van der Waals surface area contributed by atoms with Crippen LogP contribution < -0.4 is 4.74 Å². The third kappa shape index (κ3) is 1.59. The van der Waals surface area contributed by atoms with E-state index >= 15 is 0 Å². The van der Waals surface area contributed by atoms with Gasteiger partial charge in [0.15, 0.2) is 0 Å². The SMILES string of the molecule is COc1cnc2cccc(C(=O)O)c2n1. The third-order valence-electron chi connectivity index (χ3n) is 1.99. The number of fused-ring (bicyclic) bond motifs is 1. The van der Waals surface area contributed by atoms with Crippen molar-refractivity contribution in [3.8, 4) is 5.88 Å². The number of hydrogen-bond acceptors (Lipinski definition) is 4. The molecular weight excluding hydrogens is 196 g/mol. The first kappa shape index (κ1) is 9.39. The molecule has 0 amide bonds. The van der Waals surface area contributed by atoms with E-state index in [1.54, 1.807) is 12.1 Å². The van der Waals surface area contributed by atoms with Crippen LogP contribution in [0.25, 0.3) is 11.0 Å². The van der Waals surface area contributed by atoms with Crippen LogP contribution in [0, 0.1) is 0 Å². The van der Waals surface area contributed by atoms with Crippen molar-refractivity contribution < 1.29 is 14.6 Å². The predicted octanol–water partition coefficient (Wildman–Crippen LogP) is 1.34. The van der Waals surface area contributed by atoms with E-state index in [-0.39, 0.29) is 5.56 Å². The lowest BCUT2D eigenvalue weighted by Gasteiger charge is -2.02. The monoisotopic (exact) mass is 204 g/mol. The van der Waals surface area contributed by atoms with E-state index in [1.165, 1.54) is 19.4 Å². The highest BCUT2D eigenvalue weighted by Crippen LogP contribution is 2.17. The number of carboxylic acids is 1. The van der Waals surface area contributed by atoms with Crippen molar-refractivity contribution >= 4 is 17.0 Å². The highest BCUT2D eigenvalue weighted by Gasteiger charge is 2.10. The molecule has 0 atom stereocenters. The maximum absolute atomic E-state index is 10.9. The normalized spacial score (nSPS) is 10.2. The van der Waals surface area contributed by atoms with Gasteiger partial charge in [-0.15, -0.1) is 0 Å². The lowest BCUT2D eigenvalue weighted by atomic mass is 10.2. The Morgan fingerprint density at radius 2 is 2.27 bits per heavy atom. The summed E-state index contributed by atoms with van der Waals surface area (Å²) in [6, 6.07) is 4.82. The number of para-hydroxylation sites is 1. The molecule has 0 aliphatic carbocycles. The van der Waals surface area contributed by atoms with Crippen molar-refractivity contribution in [2.75, 3.05) is 7.11 Å². The Hall–Kier alpha value is -2.17. The van der Waals surface area contributed by atoms with Crippen molar-refractivity contribution in [2.24, 2.45) is 0 Å². The molecule has 5 heteroatoms. The van der Waals surface area contributed by atoms with Gasteiger partial charge >= 0.3 is 5.97 Å². The minimum atomic E-state index is -1.02. The summed E-state index contributed by atoms with van der Waals surface area (Å²) in [6.45, 7) is 0. The number of rotatable bonds is 2. The maximum Gasteiger partial charge on any atom is 0.337 e. The molecule has 2 rings (SSSR count). The number of aromatic carboxylic acids is 1. The molecule has 76 valence electrons. The van der Waals surface area contributed by atoms with Gasteiger partial charge in [0.2, 0.25) is 5.88 Å². The molecule has 0 aliphatic heterocycles. The number of ether oxygens (including phenoxy) is 1. The standard InChI is InChI=1S/C10H8N2O3/c1-15-8-5-11-7-4-2-3-6(10(13)14)9(7)12-8/h2-5H,1H3,(H,13,14). The van der Waals surface area contributed by atoms with Crippen molar-refractivity contribution in [1.29, 1.82) is 0 Å². The minimum Gasteiger partial charge on any atom is -0.480 e. The average molecular weight is 204 g/mol. The van der Waals surface area contributed by atoms with Crippen LogP contribution in [-0.2, 0) is 0 Å². The van der Waals surface area contributed by atoms with Gasteiger partial charge in [-0.3, -0.25) is 0 Å². The maximum atomic E-state index is 10.9. The molecule has 1 heterocycles. The van der Waals surface area contributed by atoms with Gasteiger partial charge in [-0.05, 0) is 12.1 Å². The molecule has 0 bridgehead atoms. The molecule has 0 aliphatic rings. The Bertz CT molecular complexity index is 525. The molecule has 1 aromatic carbocycles. The fourth-order valence-electron chi connectivity index (χ4n) is 1.29. The first-order chi connectivity index (χ1) is 7.22. The van der Waals surface area contributed by atoms with Crippen molar-refractivity contribution in [3.63, 3.8) is 0 Å². The van der Waals surface area contributed by atoms with Crippen LogP contribution in [0.3, 0.4) is 0 Å². The summed E-state index contributed by atoms with van der Waals surface area (Å²) in [6.07, 6.45) is 1.45. The number of nitrogens with zero attached hydrogens (tertiary/aromatic N) is 2. The van der Waals surface area contributed by atoms with E-state index in [4.69, 9.17) is 9.84 Å². The fraction of sp³-hybridized carbons (Fsp3) is 0.100. The Morgan fingerprint density at radius 3 is 2.93 bits per heavy atom. The predicted molar refractivity (Wildman–Crippen MR) is 53.0 cm³/mol. The number of methoxy groups -OCH3 is 1. The quantitative estimate of drug-likeness (QED) is 0.799. The molecule has 15 heavy (non-hydrogen) atoms. The molecule has 0 saturated heterocycles. The molecule has 0 saturated carbocycles. The first-order valence-electron chi connectivity index (χ1n) is 4.25. The highest BCUT2D eigenvalue weighted by atomic mass is 16.5. The van der Waals surface area contributed by atoms with Gasteiger partial charge in [0, 0.05) is 0 Å². The summed E-state index contributed by atoms with van der Waals surface area (Å²) >= 11 is 0. The van der Waals surface area contributed by atoms with Gasteiger partial charge in [-0.25, -0.2) is 14.8 Å². The highest BCUT2D eigenvalue weighted by molar-refractivity contribution is 6.00. The average Bonchev–Trinajstić information content (AvgIpc) is 2.27. The smallest absolute Gasteiger partial charge is 0.337 e. The second kappa shape index (κ2) is 3.53. The number of carbonyl (C=O) groups is 1. The molecule has 1 aromatic heterocycles. The zero-order valence-electron chi connectivity index (χ0n) is 7.97. The summed E-state index contributed by atoms with van der Waals surface area (Å²) in [5.41, 5.74) is 0.999. The second-order valence-electron chi connectivity index (χ2n) is 2.89. The Morgan fingerprint density at radius 1 is 1.47 bits per heavy atom. The summed E-state index contributed by atoms with van der Waals surface area (Å²) in [4.78, 5) is 19.0. The van der Waals surface area contributed by atoms with Gasteiger partial charge in [-0.2, -0.15) is 0 Å². The topological polar surface area (TPSA) is 72.3 Å². The second-order valence-corrected chi connectivity index (χ2v) is 2.89. The summed E-state index contributed by atoms with van der Waals surface area (Å²) in [5.74, 6) is -0.723. The molecule has 0 spiro atoms. The van der Waals surface area contributed by atoms with Crippen molar-refractivity contribution in [2.45, 2.75) is 0 Å². The van der Waals surface area contributed by atoms with E-state index < -0.39 is 5.97 Å². The fourth-order valence-corrected chi connectivity index (χ4v) is 1.29. The van der Waals surface area contributed by atoms with Crippen LogP contribution >= 0.6 is 0 Å². The van der Waals surface area contributed by atoms with Gasteiger partial charge < -0.3 is 9.84 Å². The summed E-state index contributed by atoms with van der Waals surface area (Å²) < 4.78 is 4.89. The van der Waals surface area contributed by atoms with E-state index in [9.17, 15) is 4.79 Å². The van der Waals surface area contributed by atoms with Gasteiger partial charge in [0.05, 0.1) is 24.4 Å². The number of aromatic nitrogens is 2. The Kier molecular flexibility index (Phi) is 2.21. The van der Waals surface area contributed by atoms with E-state index in [0.29, 0.717) is 16.9 Å². The van der Waals surface area contributed by atoms with Crippen LogP contribution in [-0.4, -0.2) is 28.2 Å². The Balaban J connectivity index is 2.76. The number of carboxylic acid groups (broad SMARTS) is 1. The van der Waals surface area contributed by atoms with Crippen LogP contribution in [0.4, 0.5) is 0 Å². The van der Waals surface area contributed by atoms with Gasteiger partial charge in [-0.1, -0.05) is 6.07 Å². The molecular formula is C10H8N2O3.